The Bertz CT molecular complexity index is 563. The Morgan fingerprint density at radius 3 is 2.80 bits per heavy atom. The SMILES string of the molecule is CCC1(C(=O)O)CCCN1C(=O)c1cc(Cl)ccc1F. The summed E-state index contributed by atoms with van der Waals surface area (Å²) >= 11 is 5.78. The molecule has 0 spiro atoms. The Morgan fingerprint density at radius 2 is 2.20 bits per heavy atom. The van der Waals surface area contributed by atoms with Crippen LogP contribution in [-0.4, -0.2) is 34.0 Å². The first kappa shape index (κ1) is 14.8. The molecule has 6 heteroatoms. The predicted molar refractivity (Wildman–Crippen MR) is 72.3 cm³/mol. The van der Waals surface area contributed by atoms with Gasteiger partial charge < -0.3 is 10.0 Å². The highest BCUT2D eigenvalue weighted by Crippen LogP contribution is 2.34. The lowest BCUT2D eigenvalue weighted by Gasteiger charge is -2.34. The van der Waals surface area contributed by atoms with Crippen molar-refractivity contribution in [3.05, 3.63) is 34.6 Å². The number of likely N-dealkylation sites (tertiary alicyclic amines) is 1. The van der Waals surface area contributed by atoms with Crippen molar-refractivity contribution in [1.82, 2.24) is 4.90 Å². The van der Waals surface area contributed by atoms with Gasteiger partial charge in [0.15, 0.2) is 0 Å². The normalized spacial score (nSPS) is 22.1. The van der Waals surface area contributed by atoms with Crippen LogP contribution in [0.25, 0.3) is 0 Å². The quantitative estimate of drug-likeness (QED) is 0.933. The topological polar surface area (TPSA) is 57.6 Å². The van der Waals surface area contributed by atoms with Crippen molar-refractivity contribution in [2.24, 2.45) is 0 Å². The number of amides is 1. The summed E-state index contributed by atoms with van der Waals surface area (Å²) in [5.74, 6) is -2.36. The molecule has 1 aliphatic heterocycles. The maximum absolute atomic E-state index is 13.8. The monoisotopic (exact) mass is 299 g/mol. The van der Waals surface area contributed by atoms with E-state index in [4.69, 9.17) is 11.6 Å². The van der Waals surface area contributed by atoms with Crippen molar-refractivity contribution in [1.29, 1.82) is 0 Å². The van der Waals surface area contributed by atoms with E-state index >= 15 is 0 Å². The van der Waals surface area contributed by atoms with Crippen LogP contribution in [0.2, 0.25) is 5.02 Å². The first-order valence-corrected chi connectivity index (χ1v) is 6.80. The third-order valence-electron chi connectivity index (χ3n) is 3.88. The molecule has 1 N–H and O–H groups in total. The molecule has 1 fully saturated rings. The van der Waals surface area contributed by atoms with Gasteiger partial charge in [-0.2, -0.15) is 0 Å². The van der Waals surface area contributed by atoms with Crippen molar-refractivity contribution in [2.75, 3.05) is 6.54 Å². The number of aliphatic carboxylic acids is 1. The Balaban J connectivity index is 2.42. The molecule has 2 rings (SSSR count). The Hall–Kier alpha value is -1.62. The van der Waals surface area contributed by atoms with Crippen molar-refractivity contribution < 1.29 is 19.1 Å². The third-order valence-corrected chi connectivity index (χ3v) is 4.11. The minimum absolute atomic E-state index is 0.182. The van der Waals surface area contributed by atoms with E-state index in [1.807, 2.05) is 0 Å². The summed E-state index contributed by atoms with van der Waals surface area (Å²) in [6.07, 6.45) is 1.26. The molecule has 0 aliphatic carbocycles. The van der Waals surface area contributed by atoms with Crippen LogP contribution in [0.3, 0.4) is 0 Å². The first-order valence-electron chi connectivity index (χ1n) is 6.43. The lowest BCUT2D eigenvalue weighted by Crippen LogP contribution is -2.52. The van der Waals surface area contributed by atoms with Gasteiger partial charge in [0.1, 0.15) is 11.4 Å². The second-order valence-electron chi connectivity index (χ2n) is 4.87. The number of hydrogen-bond donors (Lipinski definition) is 1. The fourth-order valence-corrected chi connectivity index (χ4v) is 2.89. The largest absolute Gasteiger partial charge is 0.479 e. The van der Waals surface area contributed by atoms with Crippen LogP contribution in [0.4, 0.5) is 4.39 Å². The van der Waals surface area contributed by atoms with Crippen molar-refractivity contribution in [2.45, 2.75) is 31.7 Å². The Labute approximate surface area is 121 Å². The maximum atomic E-state index is 13.8. The van der Waals surface area contributed by atoms with E-state index in [1.165, 1.54) is 17.0 Å². The number of halogens is 2. The average Bonchev–Trinajstić information content (AvgIpc) is 2.85. The summed E-state index contributed by atoms with van der Waals surface area (Å²) in [5, 5.41) is 9.68. The van der Waals surface area contributed by atoms with E-state index < -0.39 is 23.2 Å². The Kier molecular flexibility index (Phi) is 3.99. The highest BCUT2D eigenvalue weighted by atomic mass is 35.5. The van der Waals surface area contributed by atoms with Gasteiger partial charge in [0.2, 0.25) is 0 Å². The van der Waals surface area contributed by atoms with Gasteiger partial charge in [-0.25, -0.2) is 9.18 Å². The van der Waals surface area contributed by atoms with E-state index in [0.717, 1.165) is 6.07 Å². The molecule has 1 saturated heterocycles. The minimum Gasteiger partial charge on any atom is -0.479 e. The van der Waals surface area contributed by atoms with Crippen molar-refractivity contribution in [3.63, 3.8) is 0 Å². The minimum atomic E-state index is -1.24. The number of carbonyl (C=O) groups excluding carboxylic acids is 1. The highest BCUT2D eigenvalue weighted by Gasteiger charge is 2.49. The number of benzene rings is 1. The van der Waals surface area contributed by atoms with Gasteiger partial charge in [0.05, 0.1) is 5.56 Å². The average molecular weight is 300 g/mol. The molecule has 0 aromatic heterocycles. The number of carboxylic acid groups (broad SMARTS) is 1. The lowest BCUT2D eigenvalue weighted by atomic mass is 9.92. The number of nitrogens with zero attached hydrogens (tertiary/aromatic N) is 1. The van der Waals surface area contributed by atoms with Crippen LogP contribution in [0.5, 0.6) is 0 Å². The van der Waals surface area contributed by atoms with E-state index in [9.17, 15) is 19.1 Å². The van der Waals surface area contributed by atoms with Gasteiger partial charge in [-0.15, -0.1) is 0 Å². The predicted octanol–water partition coefficient (Wildman–Crippen LogP) is 2.95. The second-order valence-corrected chi connectivity index (χ2v) is 5.31. The first-order chi connectivity index (χ1) is 9.42. The summed E-state index contributed by atoms with van der Waals surface area (Å²) < 4.78 is 13.8. The van der Waals surface area contributed by atoms with Gasteiger partial charge in [-0.05, 0) is 37.5 Å². The molecule has 0 bridgehead atoms. The zero-order valence-corrected chi connectivity index (χ0v) is 11.8. The number of carbonyl (C=O) groups is 2. The third kappa shape index (κ3) is 2.26. The molecule has 1 amide bonds. The summed E-state index contributed by atoms with van der Waals surface area (Å²) in [7, 11) is 0. The molecule has 1 aromatic rings. The molecule has 0 radical (unpaired) electrons. The van der Waals surface area contributed by atoms with Gasteiger partial charge >= 0.3 is 5.97 Å². The van der Waals surface area contributed by atoms with E-state index in [2.05, 4.69) is 0 Å². The number of rotatable bonds is 3. The molecule has 1 unspecified atom stereocenters. The highest BCUT2D eigenvalue weighted by molar-refractivity contribution is 6.31. The molecule has 0 saturated carbocycles. The molecule has 1 aliphatic rings. The van der Waals surface area contributed by atoms with Gasteiger partial charge in [0.25, 0.3) is 5.91 Å². The zero-order valence-electron chi connectivity index (χ0n) is 11.0. The van der Waals surface area contributed by atoms with E-state index in [1.54, 1.807) is 6.92 Å². The van der Waals surface area contributed by atoms with Crippen molar-refractivity contribution in [3.8, 4) is 0 Å². The Morgan fingerprint density at radius 1 is 1.50 bits per heavy atom. The number of carboxylic acids is 1. The summed E-state index contributed by atoms with van der Waals surface area (Å²) in [4.78, 5) is 25.3. The maximum Gasteiger partial charge on any atom is 0.329 e. The summed E-state index contributed by atoms with van der Waals surface area (Å²) in [5.41, 5.74) is -1.43. The fraction of sp³-hybridized carbons (Fsp3) is 0.429. The molecule has 20 heavy (non-hydrogen) atoms. The van der Waals surface area contributed by atoms with Gasteiger partial charge in [0, 0.05) is 11.6 Å². The molecule has 108 valence electrons. The second kappa shape index (κ2) is 5.40. The molecule has 1 heterocycles. The van der Waals surface area contributed by atoms with Gasteiger partial charge in [-0.3, -0.25) is 4.79 Å². The molecule has 1 atom stereocenters. The number of hydrogen-bond acceptors (Lipinski definition) is 2. The molecule has 4 nitrogen and oxygen atoms in total. The van der Waals surface area contributed by atoms with Crippen LogP contribution in [0.1, 0.15) is 36.5 Å². The van der Waals surface area contributed by atoms with Crippen LogP contribution < -0.4 is 0 Å². The summed E-state index contributed by atoms with van der Waals surface area (Å²) in [6.45, 7) is 2.03. The lowest BCUT2D eigenvalue weighted by molar-refractivity contribution is -0.148. The molecular weight excluding hydrogens is 285 g/mol. The van der Waals surface area contributed by atoms with E-state index in [0.29, 0.717) is 19.4 Å². The van der Waals surface area contributed by atoms with Crippen molar-refractivity contribution >= 4 is 23.5 Å². The van der Waals surface area contributed by atoms with Gasteiger partial charge in [-0.1, -0.05) is 18.5 Å². The van der Waals surface area contributed by atoms with E-state index in [-0.39, 0.29) is 17.0 Å². The smallest absolute Gasteiger partial charge is 0.329 e. The van der Waals surface area contributed by atoms with Crippen LogP contribution >= 0.6 is 11.6 Å². The van der Waals surface area contributed by atoms with Crippen LogP contribution in [0, 0.1) is 5.82 Å². The zero-order chi connectivity index (χ0) is 14.9. The molecular formula is C14H15ClFNO3. The summed E-state index contributed by atoms with van der Waals surface area (Å²) in [6, 6.07) is 3.70. The van der Waals surface area contributed by atoms with Crippen LogP contribution in [-0.2, 0) is 4.79 Å². The molecule has 1 aromatic carbocycles. The van der Waals surface area contributed by atoms with Crippen LogP contribution in [0.15, 0.2) is 18.2 Å². The standard InChI is InChI=1S/C14H15ClFNO3/c1-2-14(13(19)20)6-3-7-17(14)12(18)10-8-9(15)4-5-11(10)16/h4-5,8H,2-3,6-7H2,1H3,(H,19,20). The fourth-order valence-electron chi connectivity index (χ4n) is 2.72.